The number of hydrogen-bond acceptors (Lipinski definition) is 3. The van der Waals surface area contributed by atoms with E-state index in [4.69, 9.17) is 0 Å². The average Bonchev–Trinajstić information content (AvgIpc) is 2.55. The molecular weight excluding hydrogens is 278 g/mol. The number of H-pyrrole nitrogens is 1. The Hall–Kier alpha value is -2.17. The summed E-state index contributed by atoms with van der Waals surface area (Å²) >= 11 is 0. The largest absolute Gasteiger partial charge is 0.337 e. The van der Waals surface area contributed by atoms with Gasteiger partial charge in [0.1, 0.15) is 0 Å². The Morgan fingerprint density at radius 2 is 1.82 bits per heavy atom. The number of hydrogen-bond donors (Lipinski definition) is 1. The van der Waals surface area contributed by atoms with E-state index >= 15 is 0 Å². The lowest BCUT2D eigenvalue weighted by Crippen LogP contribution is -2.40. The third-order valence-corrected chi connectivity index (χ3v) is 4.75. The van der Waals surface area contributed by atoms with E-state index in [0.717, 1.165) is 31.6 Å². The summed E-state index contributed by atoms with van der Waals surface area (Å²) in [5, 5.41) is 7.57. The molecule has 3 rings (SSSR count). The SMILES string of the molecule is CC1CCC(N(C)C(=O)c2n[nH]c(=O)c3ccccc23)CC1. The van der Waals surface area contributed by atoms with Crippen LogP contribution in [0.1, 0.15) is 43.1 Å². The number of carbonyl (C=O) groups is 1. The molecule has 1 amide bonds. The standard InChI is InChI=1S/C17H21N3O2/c1-11-7-9-12(10-8-11)20(2)17(22)15-13-5-3-4-6-14(13)16(21)19-18-15/h3-6,11-12H,7-10H2,1-2H3,(H,19,21). The Labute approximate surface area is 129 Å². The van der Waals surface area contributed by atoms with E-state index in [9.17, 15) is 9.59 Å². The molecule has 0 saturated heterocycles. The van der Waals surface area contributed by atoms with Crippen molar-refractivity contribution in [2.24, 2.45) is 5.92 Å². The molecular formula is C17H21N3O2. The van der Waals surface area contributed by atoms with E-state index in [1.54, 1.807) is 23.1 Å². The molecule has 0 unspecified atom stereocenters. The third-order valence-electron chi connectivity index (χ3n) is 4.75. The van der Waals surface area contributed by atoms with Crippen LogP contribution in [0, 0.1) is 5.92 Å². The lowest BCUT2D eigenvalue weighted by molar-refractivity contribution is 0.0674. The molecule has 1 saturated carbocycles. The van der Waals surface area contributed by atoms with Gasteiger partial charge in [0.25, 0.3) is 11.5 Å². The summed E-state index contributed by atoms with van der Waals surface area (Å²) in [4.78, 5) is 26.4. The number of rotatable bonds is 2. The molecule has 1 aliphatic rings. The van der Waals surface area contributed by atoms with Crippen LogP contribution in [0.2, 0.25) is 0 Å². The summed E-state index contributed by atoms with van der Waals surface area (Å²) in [5.41, 5.74) is 0.0672. The van der Waals surface area contributed by atoms with E-state index in [2.05, 4.69) is 17.1 Å². The molecule has 0 atom stereocenters. The van der Waals surface area contributed by atoms with Crippen molar-refractivity contribution in [3.8, 4) is 0 Å². The summed E-state index contributed by atoms with van der Waals surface area (Å²) in [6.45, 7) is 2.26. The number of carbonyl (C=O) groups excluding carboxylic acids is 1. The van der Waals surface area contributed by atoms with Gasteiger partial charge in [-0.25, -0.2) is 5.10 Å². The highest BCUT2D eigenvalue weighted by Crippen LogP contribution is 2.27. The minimum atomic E-state index is -0.263. The molecule has 1 fully saturated rings. The molecule has 0 aliphatic heterocycles. The summed E-state index contributed by atoms with van der Waals surface area (Å²) in [7, 11) is 1.84. The van der Waals surface area contributed by atoms with Crippen molar-refractivity contribution in [2.75, 3.05) is 7.05 Å². The molecule has 0 spiro atoms. The van der Waals surface area contributed by atoms with Gasteiger partial charge in [-0.05, 0) is 37.7 Å². The third kappa shape index (κ3) is 2.63. The van der Waals surface area contributed by atoms with Gasteiger partial charge >= 0.3 is 0 Å². The molecule has 116 valence electrons. The summed E-state index contributed by atoms with van der Waals surface area (Å²) < 4.78 is 0. The minimum absolute atomic E-state index is 0.119. The molecule has 1 aromatic heterocycles. The van der Waals surface area contributed by atoms with Crippen LogP contribution in [0.15, 0.2) is 29.1 Å². The smallest absolute Gasteiger partial charge is 0.274 e. The number of amides is 1. The highest BCUT2D eigenvalue weighted by molar-refractivity contribution is 6.04. The van der Waals surface area contributed by atoms with Gasteiger partial charge in [0.05, 0.1) is 5.39 Å². The van der Waals surface area contributed by atoms with Crippen molar-refractivity contribution >= 4 is 16.7 Å². The summed E-state index contributed by atoms with van der Waals surface area (Å²) in [5.74, 6) is 0.624. The summed E-state index contributed by atoms with van der Waals surface area (Å²) in [6, 6.07) is 7.37. The quantitative estimate of drug-likeness (QED) is 0.927. The number of aromatic amines is 1. The van der Waals surface area contributed by atoms with Crippen molar-refractivity contribution in [1.82, 2.24) is 15.1 Å². The first-order chi connectivity index (χ1) is 10.6. The predicted molar refractivity (Wildman–Crippen MR) is 85.9 cm³/mol. The molecule has 5 heteroatoms. The zero-order valence-electron chi connectivity index (χ0n) is 13.0. The van der Waals surface area contributed by atoms with Crippen LogP contribution in [-0.4, -0.2) is 34.1 Å². The Morgan fingerprint density at radius 1 is 1.18 bits per heavy atom. The number of nitrogens with zero attached hydrogens (tertiary/aromatic N) is 2. The topological polar surface area (TPSA) is 66.1 Å². The molecule has 1 heterocycles. The molecule has 0 bridgehead atoms. The second-order valence-corrected chi connectivity index (χ2v) is 6.28. The van der Waals surface area contributed by atoms with Gasteiger partial charge in [-0.2, -0.15) is 5.10 Å². The van der Waals surface area contributed by atoms with Gasteiger partial charge in [-0.3, -0.25) is 9.59 Å². The van der Waals surface area contributed by atoms with Gasteiger partial charge in [0.15, 0.2) is 5.69 Å². The van der Waals surface area contributed by atoms with Crippen LogP contribution >= 0.6 is 0 Å². The fourth-order valence-corrected chi connectivity index (χ4v) is 3.24. The van der Waals surface area contributed by atoms with E-state index in [1.807, 2.05) is 13.1 Å². The molecule has 1 aromatic carbocycles. The van der Waals surface area contributed by atoms with Gasteiger partial charge in [-0.1, -0.05) is 25.1 Å². The fourth-order valence-electron chi connectivity index (χ4n) is 3.24. The average molecular weight is 299 g/mol. The lowest BCUT2D eigenvalue weighted by Gasteiger charge is -2.33. The normalized spacial score (nSPS) is 21.7. The first kappa shape index (κ1) is 14.8. The second kappa shape index (κ2) is 5.91. The van der Waals surface area contributed by atoms with Crippen LogP contribution in [0.4, 0.5) is 0 Å². The Kier molecular flexibility index (Phi) is 3.96. The van der Waals surface area contributed by atoms with Gasteiger partial charge in [0.2, 0.25) is 0 Å². The van der Waals surface area contributed by atoms with Crippen molar-refractivity contribution in [2.45, 2.75) is 38.6 Å². The monoisotopic (exact) mass is 299 g/mol. The minimum Gasteiger partial charge on any atom is -0.337 e. The second-order valence-electron chi connectivity index (χ2n) is 6.28. The number of aromatic nitrogens is 2. The van der Waals surface area contributed by atoms with Gasteiger partial charge in [-0.15, -0.1) is 0 Å². The number of benzene rings is 1. The van der Waals surface area contributed by atoms with Crippen molar-refractivity contribution in [3.63, 3.8) is 0 Å². The van der Waals surface area contributed by atoms with E-state index < -0.39 is 0 Å². The zero-order valence-corrected chi connectivity index (χ0v) is 13.0. The fraction of sp³-hybridized carbons (Fsp3) is 0.471. The highest BCUT2D eigenvalue weighted by atomic mass is 16.2. The molecule has 1 aliphatic carbocycles. The van der Waals surface area contributed by atoms with Crippen LogP contribution in [-0.2, 0) is 0 Å². The molecule has 22 heavy (non-hydrogen) atoms. The van der Waals surface area contributed by atoms with Crippen LogP contribution in [0.3, 0.4) is 0 Å². The maximum atomic E-state index is 12.8. The highest BCUT2D eigenvalue weighted by Gasteiger charge is 2.27. The first-order valence-corrected chi connectivity index (χ1v) is 7.82. The van der Waals surface area contributed by atoms with Gasteiger partial charge < -0.3 is 4.90 Å². The van der Waals surface area contributed by atoms with E-state index in [1.165, 1.54) is 0 Å². The van der Waals surface area contributed by atoms with E-state index in [0.29, 0.717) is 16.5 Å². The maximum absolute atomic E-state index is 12.8. The van der Waals surface area contributed by atoms with Crippen molar-refractivity contribution in [3.05, 3.63) is 40.3 Å². The van der Waals surface area contributed by atoms with Crippen LogP contribution < -0.4 is 5.56 Å². The Balaban J connectivity index is 1.92. The van der Waals surface area contributed by atoms with Crippen molar-refractivity contribution < 1.29 is 4.79 Å². The molecule has 1 N–H and O–H groups in total. The Morgan fingerprint density at radius 3 is 2.50 bits per heavy atom. The Bertz CT molecular complexity index is 745. The number of fused-ring (bicyclic) bond motifs is 1. The first-order valence-electron chi connectivity index (χ1n) is 7.82. The predicted octanol–water partition coefficient (Wildman–Crippen LogP) is 2.57. The molecule has 2 aromatic rings. The lowest BCUT2D eigenvalue weighted by atomic mass is 9.86. The van der Waals surface area contributed by atoms with Crippen molar-refractivity contribution in [1.29, 1.82) is 0 Å². The van der Waals surface area contributed by atoms with Gasteiger partial charge in [0, 0.05) is 18.5 Å². The van der Waals surface area contributed by atoms with Crippen LogP contribution in [0.5, 0.6) is 0 Å². The molecule has 5 nitrogen and oxygen atoms in total. The summed E-state index contributed by atoms with van der Waals surface area (Å²) in [6.07, 6.45) is 4.37. The maximum Gasteiger partial charge on any atom is 0.274 e. The van der Waals surface area contributed by atoms with Crippen LogP contribution in [0.25, 0.3) is 10.8 Å². The van der Waals surface area contributed by atoms with E-state index in [-0.39, 0.29) is 17.5 Å². The molecule has 0 radical (unpaired) electrons. The number of nitrogens with one attached hydrogen (secondary N) is 1. The zero-order chi connectivity index (χ0) is 15.7.